The molecule has 0 bridgehead atoms. The molecule has 1 rings (SSSR count). The highest BCUT2D eigenvalue weighted by molar-refractivity contribution is 9.10. The van der Waals surface area contributed by atoms with Crippen LogP contribution in [0.3, 0.4) is 0 Å². The Hall–Kier alpha value is -0.740. The van der Waals surface area contributed by atoms with Gasteiger partial charge in [-0.3, -0.25) is 4.79 Å². The lowest BCUT2D eigenvalue weighted by atomic mass is 9.90. The molecule has 19 heavy (non-hydrogen) atoms. The Morgan fingerprint density at radius 3 is 2.63 bits per heavy atom. The monoisotopic (exact) mass is 347 g/mol. The first-order valence-corrected chi connectivity index (χ1v) is 7.33. The maximum absolute atomic E-state index is 11.9. The second-order valence-electron chi connectivity index (χ2n) is 5.74. The third-order valence-corrected chi connectivity index (χ3v) is 3.51. The maximum Gasteiger partial charge on any atom is 0.251 e. The van der Waals surface area contributed by atoms with Gasteiger partial charge in [0.25, 0.3) is 5.91 Å². The van der Waals surface area contributed by atoms with Crippen LogP contribution in [0.25, 0.3) is 0 Å². The van der Waals surface area contributed by atoms with E-state index in [1.54, 1.807) is 12.1 Å². The van der Waals surface area contributed by atoms with E-state index in [4.69, 9.17) is 11.6 Å². The van der Waals surface area contributed by atoms with Crippen LogP contribution in [-0.4, -0.2) is 22.9 Å². The molecule has 0 heterocycles. The van der Waals surface area contributed by atoms with E-state index in [-0.39, 0.29) is 22.4 Å². The summed E-state index contributed by atoms with van der Waals surface area (Å²) >= 11 is 9.35. The fourth-order valence-electron chi connectivity index (χ4n) is 1.70. The van der Waals surface area contributed by atoms with Gasteiger partial charge >= 0.3 is 0 Å². The number of carbonyl (C=O) groups is 1. The van der Waals surface area contributed by atoms with E-state index in [2.05, 4.69) is 42.0 Å². The minimum atomic E-state index is -0.234. The molecule has 0 aromatic heterocycles. The highest BCUT2D eigenvalue weighted by Crippen LogP contribution is 2.25. The number of phenols is 1. The lowest BCUT2D eigenvalue weighted by Crippen LogP contribution is -2.31. The highest BCUT2D eigenvalue weighted by Gasteiger charge is 2.17. The predicted molar refractivity (Wildman–Crippen MR) is 81.9 cm³/mol. The van der Waals surface area contributed by atoms with Crippen LogP contribution in [0.1, 0.15) is 37.6 Å². The van der Waals surface area contributed by atoms with Crippen LogP contribution in [0.15, 0.2) is 22.7 Å². The second kappa shape index (κ2) is 6.62. The van der Waals surface area contributed by atoms with E-state index in [0.29, 0.717) is 16.6 Å². The predicted octanol–water partition coefficient (Wildman–Crippen LogP) is 3.93. The number of rotatable bonds is 4. The van der Waals surface area contributed by atoms with E-state index >= 15 is 0 Å². The lowest BCUT2D eigenvalue weighted by molar-refractivity contribution is 0.0951. The molecule has 0 saturated carbocycles. The summed E-state index contributed by atoms with van der Waals surface area (Å²) in [7, 11) is 0. The molecule has 1 atom stereocenters. The van der Waals surface area contributed by atoms with E-state index in [1.807, 2.05) is 0 Å². The Bertz CT molecular complexity index is 457. The largest absolute Gasteiger partial charge is 0.507 e. The highest BCUT2D eigenvalue weighted by atomic mass is 79.9. The molecule has 5 heteroatoms. The first-order chi connectivity index (χ1) is 8.69. The molecule has 3 nitrogen and oxygen atoms in total. The zero-order chi connectivity index (χ0) is 14.6. The van der Waals surface area contributed by atoms with Crippen molar-refractivity contribution >= 4 is 33.4 Å². The number of hydrogen-bond acceptors (Lipinski definition) is 2. The summed E-state index contributed by atoms with van der Waals surface area (Å²) in [6.45, 7) is 6.74. The van der Waals surface area contributed by atoms with Crippen LogP contribution in [0.5, 0.6) is 5.75 Å². The summed E-state index contributed by atoms with van der Waals surface area (Å²) in [5.74, 6) is -0.188. The van der Waals surface area contributed by atoms with Gasteiger partial charge in [0.05, 0.1) is 9.85 Å². The van der Waals surface area contributed by atoms with Crippen LogP contribution in [-0.2, 0) is 0 Å². The van der Waals surface area contributed by atoms with Crippen molar-refractivity contribution in [2.75, 3.05) is 6.54 Å². The first-order valence-electron chi connectivity index (χ1n) is 6.10. The molecule has 0 aliphatic rings. The number of benzene rings is 1. The van der Waals surface area contributed by atoms with E-state index in [0.717, 1.165) is 6.42 Å². The third kappa shape index (κ3) is 5.83. The fourth-order valence-corrected chi connectivity index (χ4v) is 2.48. The molecule has 2 N–H and O–H groups in total. The van der Waals surface area contributed by atoms with Crippen molar-refractivity contribution in [3.63, 3.8) is 0 Å². The Labute approximate surface area is 127 Å². The van der Waals surface area contributed by atoms with Gasteiger partial charge in [0.2, 0.25) is 0 Å². The summed E-state index contributed by atoms with van der Waals surface area (Å²) in [6.07, 6.45) is 0.820. The summed E-state index contributed by atoms with van der Waals surface area (Å²) in [5.41, 5.74) is 0.549. The molecule has 1 amide bonds. The zero-order valence-corrected chi connectivity index (χ0v) is 13.7. The van der Waals surface area contributed by atoms with Gasteiger partial charge in [-0.25, -0.2) is 0 Å². The second-order valence-corrected chi connectivity index (χ2v) is 7.21. The molecular formula is C14H19BrClNO2. The maximum atomic E-state index is 11.9. The van der Waals surface area contributed by atoms with Crippen molar-refractivity contribution in [1.29, 1.82) is 0 Å². The number of hydrogen-bond donors (Lipinski definition) is 2. The molecule has 0 fully saturated rings. The third-order valence-electron chi connectivity index (χ3n) is 2.53. The van der Waals surface area contributed by atoms with Gasteiger partial charge in [-0.15, -0.1) is 11.6 Å². The van der Waals surface area contributed by atoms with Gasteiger partial charge in [-0.05, 0) is 46.0 Å². The molecule has 1 aromatic rings. The van der Waals surface area contributed by atoms with Gasteiger partial charge in [0.1, 0.15) is 5.75 Å². The van der Waals surface area contributed by atoms with Crippen molar-refractivity contribution in [3.05, 3.63) is 28.2 Å². The van der Waals surface area contributed by atoms with Crippen molar-refractivity contribution in [2.45, 2.75) is 32.6 Å². The fraction of sp³-hybridized carbons (Fsp3) is 0.500. The minimum Gasteiger partial charge on any atom is -0.507 e. The van der Waals surface area contributed by atoms with E-state index in [9.17, 15) is 9.90 Å². The summed E-state index contributed by atoms with van der Waals surface area (Å²) in [6, 6.07) is 4.70. The van der Waals surface area contributed by atoms with E-state index in [1.165, 1.54) is 6.07 Å². The van der Waals surface area contributed by atoms with Crippen LogP contribution in [0, 0.1) is 5.41 Å². The Morgan fingerprint density at radius 2 is 2.11 bits per heavy atom. The Balaban J connectivity index is 2.53. The Kier molecular flexibility index (Phi) is 5.68. The number of phenolic OH excluding ortho intramolecular Hbond substituents is 1. The summed E-state index contributed by atoms with van der Waals surface area (Å²) in [5, 5.41) is 12.2. The normalized spacial score (nSPS) is 13.1. The van der Waals surface area contributed by atoms with Gasteiger partial charge in [0.15, 0.2) is 0 Å². The first kappa shape index (κ1) is 16.3. The number of aromatic hydroxyl groups is 1. The average molecular weight is 349 g/mol. The van der Waals surface area contributed by atoms with Crippen molar-refractivity contribution in [1.82, 2.24) is 5.32 Å². The molecule has 106 valence electrons. The standard InChI is InChI=1S/C14H19BrClNO2/c1-14(2,3)7-10(16)8-17-13(19)9-4-5-11(15)12(18)6-9/h4-6,10,18H,7-8H2,1-3H3,(H,17,19). The number of amides is 1. The van der Waals surface area contributed by atoms with Crippen LogP contribution >= 0.6 is 27.5 Å². The number of halogens is 2. The van der Waals surface area contributed by atoms with E-state index < -0.39 is 0 Å². The SMILES string of the molecule is CC(C)(C)CC(Cl)CNC(=O)c1ccc(Br)c(O)c1. The molecule has 1 aromatic carbocycles. The van der Waals surface area contributed by atoms with Crippen molar-refractivity contribution in [2.24, 2.45) is 5.41 Å². The van der Waals surface area contributed by atoms with Crippen LogP contribution in [0.4, 0.5) is 0 Å². The molecule has 0 saturated heterocycles. The molecule has 0 radical (unpaired) electrons. The topological polar surface area (TPSA) is 49.3 Å². The lowest BCUT2D eigenvalue weighted by Gasteiger charge is -2.22. The van der Waals surface area contributed by atoms with Gasteiger partial charge in [-0.2, -0.15) is 0 Å². The number of nitrogens with one attached hydrogen (secondary N) is 1. The molecule has 0 aliphatic carbocycles. The van der Waals surface area contributed by atoms with Crippen LogP contribution < -0.4 is 5.32 Å². The molecule has 1 unspecified atom stereocenters. The van der Waals surface area contributed by atoms with Gasteiger partial charge < -0.3 is 10.4 Å². The van der Waals surface area contributed by atoms with Crippen molar-refractivity contribution in [3.8, 4) is 5.75 Å². The molecule has 0 aliphatic heterocycles. The summed E-state index contributed by atoms with van der Waals surface area (Å²) < 4.78 is 0.562. The van der Waals surface area contributed by atoms with Crippen molar-refractivity contribution < 1.29 is 9.90 Å². The molecule has 0 spiro atoms. The number of carbonyl (C=O) groups excluding carboxylic acids is 1. The smallest absolute Gasteiger partial charge is 0.251 e. The van der Waals surface area contributed by atoms with Gasteiger partial charge in [0, 0.05) is 12.1 Å². The average Bonchev–Trinajstić information content (AvgIpc) is 2.27. The zero-order valence-electron chi connectivity index (χ0n) is 11.3. The quantitative estimate of drug-likeness (QED) is 0.810. The van der Waals surface area contributed by atoms with Gasteiger partial charge in [-0.1, -0.05) is 20.8 Å². The van der Waals surface area contributed by atoms with Crippen LogP contribution in [0.2, 0.25) is 0 Å². The minimum absolute atomic E-state index is 0.0461. The number of alkyl halides is 1. The Morgan fingerprint density at radius 1 is 1.47 bits per heavy atom. The summed E-state index contributed by atoms with van der Waals surface area (Å²) in [4.78, 5) is 11.9. The molecular weight excluding hydrogens is 330 g/mol.